The standard InChI is InChI=1S/C19H20ClN3O2/c1-23(12-14-5-2-3-8-17(14)20)19(25)22-16-7-4-6-15(11-16)21-18(24)13-9-10-13/h2-8,11,13H,9-10,12H2,1H3,(H,21,24)(H,22,25). The lowest BCUT2D eigenvalue weighted by molar-refractivity contribution is -0.117. The molecular weight excluding hydrogens is 338 g/mol. The zero-order valence-corrected chi connectivity index (χ0v) is 14.7. The van der Waals surface area contributed by atoms with Crippen molar-refractivity contribution in [3.8, 4) is 0 Å². The van der Waals surface area contributed by atoms with E-state index in [1.165, 1.54) is 0 Å². The number of nitrogens with one attached hydrogen (secondary N) is 2. The molecule has 2 aromatic carbocycles. The van der Waals surface area contributed by atoms with E-state index in [0.717, 1.165) is 18.4 Å². The van der Waals surface area contributed by atoms with Gasteiger partial charge in [0.15, 0.2) is 0 Å². The normalized spacial score (nSPS) is 13.2. The summed E-state index contributed by atoms with van der Waals surface area (Å²) < 4.78 is 0. The number of amides is 3. The van der Waals surface area contributed by atoms with Gasteiger partial charge in [0.25, 0.3) is 0 Å². The molecule has 0 spiro atoms. The quantitative estimate of drug-likeness (QED) is 0.835. The Bertz CT molecular complexity index is 790. The van der Waals surface area contributed by atoms with Gasteiger partial charge in [-0.2, -0.15) is 0 Å². The summed E-state index contributed by atoms with van der Waals surface area (Å²) in [7, 11) is 1.71. The molecule has 130 valence electrons. The highest BCUT2D eigenvalue weighted by Crippen LogP contribution is 2.30. The van der Waals surface area contributed by atoms with Crippen LogP contribution in [0.5, 0.6) is 0 Å². The Morgan fingerprint density at radius 3 is 2.44 bits per heavy atom. The summed E-state index contributed by atoms with van der Waals surface area (Å²) in [5.41, 5.74) is 2.19. The van der Waals surface area contributed by atoms with Gasteiger partial charge in [0, 0.05) is 35.9 Å². The average molecular weight is 358 g/mol. The number of benzene rings is 2. The van der Waals surface area contributed by atoms with Gasteiger partial charge in [0.2, 0.25) is 5.91 Å². The molecule has 0 aromatic heterocycles. The highest BCUT2D eigenvalue weighted by atomic mass is 35.5. The van der Waals surface area contributed by atoms with Crippen LogP contribution in [0.15, 0.2) is 48.5 Å². The second-order valence-corrected chi connectivity index (χ2v) is 6.63. The van der Waals surface area contributed by atoms with Crippen LogP contribution in [-0.4, -0.2) is 23.9 Å². The highest BCUT2D eigenvalue weighted by molar-refractivity contribution is 6.31. The summed E-state index contributed by atoms with van der Waals surface area (Å²) in [6.07, 6.45) is 1.91. The second kappa shape index (κ2) is 7.57. The minimum absolute atomic E-state index is 0.0410. The Labute approximate surface area is 152 Å². The Balaban J connectivity index is 1.60. The third-order valence-corrected chi connectivity index (χ3v) is 4.41. The zero-order chi connectivity index (χ0) is 17.8. The predicted molar refractivity (Wildman–Crippen MR) is 99.7 cm³/mol. The summed E-state index contributed by atoms with van der Waals surface area (Å²) in [6.45, 7) is 0.406. The first-order chi connectivity index (χ1) is 12.0. The van der Waals surface area contributed by atoms with E-state index in [-0.39, 0.29) is 17.9 Å². The van der Waals surface area contributed by atoms with Gasteiger partial charge in [-0.25, -0.2) is 4.79 Å². The molecule has 25 heavy (non-hydrogen) atoms. The molecule has 1 saturated carbocycles. The Morgan fingerprint density at radius 2 is 1.76 bits per heavy atom. The number of hydrogen-bond acceptors (Lipinski definition) is 2. The van der Waals surface area contributed by atoms with Gasteiger partial charge < -0.3 is 15.5 Å². The smallest absolute Gasteiger partial charge is 0.321 e. The fourth-order valence-corrected chi connectivity index (χ4v) is 2.63. The summed E-state index contributed by atoms with van der Waals surface area (Å²) in [4.78, 5) is 25.7. The molecule has 1 aliphatic rings. The highest BCUT2D eigenvalue weighted by Gasteiger charge is 2.29. The SMILES string of the molecule is CN(Cc1ccccc1Cl)C(=O)Nc1cccc(NC(=O)C2CC2)c1. The van der Waals surface area contributed by atoms with Crippen LogP contribution < -0.4 is 10.6 Å². The molecule has 0 bridgehead atoms. The van der Waals surface area contributed by atoms with Crippen LogP contribution in [0.2, 0.25) is 5.02 Å². The van der Waals surface area contributed by atoms with Crippen LogP contribution in [-0.2, 0) is 11.3 Å². The van der Waals surface area contributed by atoms with Gasteiger partial charge in [-0.05, 0) is 42.7 Å². The van der Waals surface area contributed by atoms with Crippen molar-refractivity contribution in [3.63, 3.8) is 0 Å². The molecule has 0 saturated heterocycles. The van der Waals surface area contributed by atoms with E-state index in [2.05, 4.69) is 10.6 Å². The summed E-state index contributed by atoms with van der Waals surface area (Å²) in [5.74, 6) is 0.180. The second-order valence-electron chi connectivity index (χ2n) is 6.22. The van der Waals surface area contributed by atoms with Crippen LogP contribution in [0, 0.1) is 5.92 Å². The first-order valence-corrected chi connectivity index (χ1v) is 8.57. The lowest BCUT2D eigenvalue weighted by atomic mass is 10.2. The maximum Gasteiger partial charge on any atom is 0.321 e. The molecule has 2 aromatic rings. The van der Waals surface area contributed by atoms with Crippen molar-refractivity contribution in [2.24, 2.45) is 5.92 Å². The van der Waals surface area contributed by atoms with E-state index < -0.39 is 0 Å². The van der Waals surface area contributed by atoms with E-state index in [9.17, 15) is 9.59 Å². The van der Waals surface area contributed by atoms with E-state index in [1.807, 2.05) is 24.3 Å². The molecular formula is C19H20ClN3O2. The van der Waals surface area contributed by atoms with Crippen LogP contribution in [0.3, 0.4) is 0 Å². The molecule has 0 atom stereocenters. The molecule has 2 N–H and O–H groups in total. The third-order valence-electron chi connectivity index (χ3n) is 4.04. The summed E-state index contributed by atoms with van der Waals surface area (Å²) in [5, 5.41) is 6.34. The maximum absolute atomic E-state index is 12.4. The lowest BCUT2D eigenvalue weighted by Crippen LogP contribution is -2.31. The number of carbonyl (C=O) groups is 2. The Hall–Kier alpha value is -2.53. The van der Waals surface area contributed by atoms with E-state index in [4.69, 9.17) is 11.6 Å². The van der Waals surface area contributed by atoms with Gasteiger partial charge in [0.05, 0.1) is 0 Å². The Morgan fingerprint density at radius 1 is 1.08 bits per heavy atom. The Kier molecular flexibility index (Phi) is 5.24. The minimum atomic E-state index is -0.245. The van der Waals surface area contributed by atoms with Crippen molar-refractivity contribution in [1.29, 1.82) is 0 Å². The largest absolute Gasteiger partial charge is 0.326 e. The van der Waals surface area contributed by atoms with Crippen molar-refractivity contribution in [2.75, 3.05) is 17.7 Å². The number of halogens is 1. The fraction of sp³-hybridized carbons (Fsp3) is 0.263. The molecule has 0 unspecified atom stereocenters. The first-order valence-electron chi connectivity index (χ1n) is 8.19. The molecule has 0 heterocycles. The molecule has 1 aliphatic carbocycles. The lowest BCUT2D eigenvalue weighted by Gasteiger charge is -2.19. The van der Waals surface area contributed by atoms with E-state index >= 15 is 0 Å². The molecule has 1 fully saturated rings. The molecule has 5 nitrogen and oxygen atoms in total. The molecule has 0 radical (unpaired) electrons. The van der Waals surface area contributed by atoms with Gasteiger partial charge >= 0.3 is 6.03 Å². The average Bonchev–Trinajstić information content (AvgIpc) is 3.42. The van der Waals surface area contributed by atoms with Gasteiger partial charge in [-0.3, -0.25) is 4.79 Å². The van der Waals surface area contributed by atoms with Crippen LogP contribution in [0.4, 0.5) is 16.2 Å². The van der Waals surface area contributed by atoms with Gasteiger partial charge in [-0.15, -0.1) is 0 Å². The molecule has 3 rings (SSSR count). The van der Waals surface area contributed by atoms with E-state index in [1.54, 1.807) is 36.2 Å². The number of anilines is 2. The monoisotopic (exact) mass is 357 g/mol. The maximum atomic E-state index is 12.4. The van der Waals surface area contributed by atoms with Crippen LogP contribution in [0.25, 0.3) is 0 Å². The number of urea groups is 1. The van der Waals surface area contributed by atoms with Crippen LogP contribution >= 0.6 is 11.6 Å². The van der Waals surface area contributed by atoms with Crippen molar-refractivity contribution in [2.45, 2.75) is 19.4 Å². The van der Waals surface area contributed by atoms with Crippen molar-refractivity contribution in [1.82, 2.24) is 4.90 Å². The number of nitrogens with zero attached hydrogens (tertiary/aromatic N) is 1. The number of rotatable bonds is 5. The zero-order valence-electron chi connectivity index (χ0n) is 14.0. The van der Waals surface area contributed by atoms with Crippen LogP contribution in [0.1, 0.15) is 18.4 Å². The topological polar surface area (TPSA) is 61.4 Å². The minimum Gasteiger partial charge on any atom is -0.326 e. The van der Waals surface area contributed by atoms with Crippen molar-refractivity contribution >= 4 is 34.9 Å². The van der Waals surface area contributed by atoms with E-state index in [0.29, 0.717) is 22.9 Å². The van der Waals surface area contributed by atoms with Crippen molar-refractivity contribution < 1.29 is 9.59 Å². The fourth-order valence-electron chi connectivity index (χ4n) is 2.44. The van der Waals surface area contributed by atoms with Crippen molar-refractivity contribution in [3.05, 3.63) is 59.1 Å². The van der Waals surface area contributed by atoms with Gasteiger partial charge in [-0.1, -0.05) is 35.9 Å². The predicted octanol–water partition coefficient (Wildman–Crippen LogP) is 4.35. The summed E-state index contributed by atoms with van der Waals surface area (Å²) in [6, 6.07) is 14.3. The first kappa shape index (κ1) is 17.3. The van der Waals surface area contributed by atoms with Gasteiger partial charge in [0.1, 0.15) is 0 Å². The number of carbonyl (C=O) groups excluding carboxylic acids is 2. The number of hydrogen-bond donors (Lipinski definition) is 2. The molecule has 3 amide bonds. The molecule has 6 heteroatoms. The summed E-state index contributed by atoms with van der Waals surface area (Å²) >= 11 is 6.13. The third kappa shape index (κ3) is 4.73. The molecule has 0 aliphatic heterocycles.